The van der Waals surface area contributed by atoms with Crippen LogP contribution in [-0.4, -0.2) is 33.4 Å². The van der Waals surface area contributed by atoms with E-state index >= 15 is 0 Å². The zero-order chi connectivity index (χ0) is 31.3. The number of fused-ring (bicyclic) bond motifs is 3. The molecule has 3 aromatic carbocycles. The SMILES string of the molecule is Cc1cccc(N2CCCn3c(c(CCCOc4cc(C)c(Cl)c(C)c4)c4ccc(Cl)c(-c5c(C)nn(C)c5C)c43)C2=O)c1. The average molecular weight is 630 g/mol. The molecule has 1 aliphatic heterocycles. The normalized spacial score (nSPS) is 13.5. The number of aryl methyl sites for hydroxylation is 7. The van der Waals surface area contributed by atoms with Crippen molar-refractivity contribution in [1.29, 1.82) is 0 Å². The first-order valence-electron chi connectivity index (χ1n) is 15.2. The Balaban J connectivity index is 1.47. The number of benzene rings is 3. The molecule has 8 heteroatoms. The van der Waals surface area contributed by atoms with Crippen LogP contribution in [0.25, 0.3) is 22.0 Å². The van der Waals surface area contributed by atoms with E-state index in [1.165, 1.54) is 0 Å². The fraction of sp³-hybridized carbons (Fsp3) is 0.333. The number of hydrogen-bond acceptors (Lipinski definition) is 3. The predicted octanol–water partition coefficient (Wildman–Crippen LogP) is 8.95. The highest BCUT2D eigenvalue weighted by molar-refractivity contribution is 6.35. The highest BCUT2D eigenvalue weighted by atomic mass is 35.5. The molecule has 0 fully saturated rings. The monoisotopic (exact) mass is 628 g/mol. The third kappa shape index (κ3) is 5.28. The maximum atomic E-state index is 14.6. The Kier molecular flexibility index (Phi) is 8.25. The van der Waals surface area contributed by atoms with Crippen LogP contribution in [0.5, 0.6) is 5.75 Å². The third-order valence-corrected chi connectivity index (χ3v) is 9.72. The van der Waals surface area contributed by atoms with Gasteiger partial charge in [-0.05, 0) is 106 Å². The summed E-state index contributed by atoms with van der Waals surface area (Å²) in [4.78, 5) is 16.5. The van der Waals surface area contributed by atoms with Crippen molar-refractivity contribution in [1.82, 2.24) is 14.3 Å². The molecule has 6 nitrogen and oxygen atoms in total. The molecule has 3 heterocycles. The largest absolute Gasteiger partial charge is 0.494 e. The molecule has 0 atom stereocenters. The van der Waals surface area contributed by atoms with Gasteiger partial charge in [-0.15, -0.1) is 0 Å². The maximum absolute atomic E-state index is 14.6. The van der Waals surface area contributed by atoms with E-state index < -0.39 is 0 Å². The number of nitrogens with zero attached hydrogens (tertiary/aromatic N) is 4. The Labute approximate surface area is 269 Å². The number of hydrogen-bond donors (Lipinski definition) is 0. The minimum atomic E-state index is 0.0193. The number of amides is 1. The van der Waals surface area contributed by atoms with Crippen molar-refractivity contribution in [2.24, 2.45) is 7.05 Å². The van der Waals surface area contributed by atoms with Gasteiger partial charge in [0.1, 0.15) is 11.4 Å². The van der Waals surface area contributed by atoms with E-state index in [1.807, 2.05) is 67.7 Å². The van der Waals surface area contributed by atoms with Crippen molar-refractivity contribution < 1.29 is 9.53 Å². The lowest BCUT2D eigenvalue weighted by atomic mass is 9.98. The summed E-state index contributed by atoms with van der Waals surface area (Å²) in [5.74, 6) is 0.828. The van der Waals surface area contributed by atoms with Crippen LogP contribution in [0.3, 0.4) is 0 Å². The van der Waals surface area contributed by atoms with Gasteiger partial charge in [-0.2, -0.15) is 5.10 Å². The molecule has 1 aliphatic rings. The summed E-state index contributed by atoms with van der Waals surface area (Å²) in [6.45, 7) is 12.0. The molecule has 0 N–H and O–H groups in total. The van der Waals surface area contributed by atoms with E-state index in [1.54, 1.807) is 0 Å². The van der Waals surface area contributed by atoms with E-state index in [9.17, 15) is 4.79 Å². The lowest BCUT2D eigenvalue weighted by molar-refractivity contribution is 0.0982. The lowest BCUT2D eigenvalue weighted by Crippen LogP contribution is -2.31. The van der Waals surface area contributed by atoms with Crippen LogP contribution in [-0.2, 0) is 20.0 Å². The first-order chi connectivity index (χ1) is 21.1. The van der Waals surface area contributed by atoms with Crippen LogP contribution >= 0.6 is 23.2 Å². The number of carbonyl (C=O) groups is 1. The van der Waals surface area contributed by atoms with E-state index in [4.69, 9.17) is 33.0 Å². The number of anilines is 1. The van der Waals surface area contributed by atoms with Crippen molar-refractivity contribution in [2.45, 2.75) is 60.4 Å². The summed E-state index contributed by atoms with van der Waals surface area (Å²) in [6, 6.07) is 16.2. The molecule has 0 saturated carbocycles. The van der Waals surface area contributed by atoms with E-state index in [0.29, 0.717) is 31.1 Å². The van der Waals surface area contributed by atoms with Crippen LogP contribution < -0.4 is 9.64 Å². The number of halogens is 2. The van der Waals surface area contributed by atoms with Gasteiger partial charge >= 0.3 is 0 Å². The Morgan fingerprint density at radius 3 is 2.36 bits per heavy atom. The second-order valence-corrected chi connectivity index (χ2v) is 12.7. The minimum absolute atomic E-state index is 0.0193. The molecule has 0 radical (unpaired) electrons. The zero-order valence-corrected chi connectivity index (χ0v) is 27.7. The molecular weight excluding hydrogens is 591 g/mol. The standard InChI is InChI=1S/C36H38Cl2N4O2/c1-21-10-7-11-26(18-21)41-15-9-16-42-34-29(13-14-30(37)32(34)31-24(4)39-40(6)25(31)5)28(35(42)36(41)43)12-8-17-44-27-19-22(2)33(38)23(3)20-27/h7,10-11,13-14,18-20H,8-9,12,15-17H2,1-6H3. The Bertz CT molecular complexity index is 1900. The molecule has 0 bridgehead atoms. The predicted molar refractivity (Wildman–Crippen MR) is 181 cm³/mol. The van der Waals surface area contributed by atoms with Gasteiger partial charge in [-0.1, -0.05) is 41.4 Å². The second-order valence-electron chi connectivity index (χ2n) is 11.9. The summed E-state index contributed by atoms with van der Waals surface area (Å²) < 4.78 is 10.3. The van der Waals surface area contributed by atoms with Gasteiger partial charge in [-0.3, -0.25) is 9.48 Å². The molecule has 0 unspecified atom stereocenters. The number of ether oxygens (including phenoxy) is 1. The highest BCUT2D eigenvalue weighted by Gasteiger charge is 2.32. The topological polar surface area (TPSA) is 52.3 Å². The van der Waals surface area contributed by atoms with Crippen LogP contribution in [0.1, 0.15) is 57.0 Å². The summed E-state index contributed by atoms with van der Waals surface area (Å²) in [6.07, 6.45) is 2.25. The van der Waals surface area contributed by atoms with Crippen molar-refractivity contribution >= 4 is 45.7 Å². The molecule has 5 aromatic rings. The zero-order valence-electron chi connectivity index (χ0n) is 26.2. The van der Waals surface area contributed by atoms with Gasteiger partial charge < -0.3 is 14.2 Å². The second kappa shape index (κ2) is 12.0. The molecule has 6 rings (SSSR count). The molecule has 228 valence electrons. The quantitative estimate of drug-likeness (QED) is 0.169. The fourth-order valence-electron chi connectivity index (χ4n) is 6.67. The van der Waals surface area contributed by atoms with Gasteiger partial charge in [0.15, 0.2) is 0 Å². The number of rotatable bonds is 7. The molecule has 0 spiro atoms. The van der Waals surface area contributed by atoms with Crippen molar-refractivity contribution in [3.05, 3.63) is 97.9 Å². The number of carbonyl (C=O) groups excluding carboxylic acids is 1. The number of aromatic nitrogens is 3. The summed E-state index contributed by atoms with van der Waals surface area (Å²) in [5.41, 5.74) is 10.8. The fourth-order valence-corrected chi connectivity index (χ4v) is 7.03. The Hall–Kier alpha value is -3.74. The highest BCUT2D eigenvalue weighted by Crippen LogP contribution is 2.43. The smallest absolute Gasteiger partial charge is 0.275 e. The van der Waals surface area contributed by atoms with Crippen LogP contribution in [0.2, 0.25) is 10.0 Å². The Morgan fingerprint density at radius 2 is 1.68 bits per heavy atom. The summed E-state index contributed by atoms with van der Waals surface area (Å²) in [5, 5.41) is 7.19. The van der Waals surface area contributed by atoms with Crippen LogP contribution in [0.15, 0.2) is 48.5 Å². The molecule has 44 heavy (non-hydrogen) atoms. The molecular formula is C36H38Cl2N4O2. The van der Waals surface area contributed by atoms with Crippen LogP contribution in [0, 0.1) is 34.6 Å². The molecule has 1 amide bonds. The third-order valence-electron chi connectivity index (χ3n) is 8.81. The van der Waals surface area contributed by atoms with E-state index in [0.717, 1.165) is 90.7 Å². The van der Waals surface area contributed by atoms with Gasteiger partial charge in [0.2, 0.25) is 0 Å². The van der Waals surface area contributed by atoms with Gasteiger partial charge in [0.05, 0.1) is 22.8 Å². The first-order valence-corrected chi connectivity index (χ1v) is 15.9. The lowest BCUT2D eigenvalue weighted by Gasteiger charge is -2.21. The molecule has 2 aromatic heterocycles. The van der Waals surface area contributed by atoms with Crippen molar-refractivity contribution in [2.75, 3.05) is 18.1 Å². The van der Waals surface area contributed by atoms with Gasteiger partial charge in [0, 0.05) is 53.1 Å². The molecule has 0 aliphatic carbocycles. The summed E-state index contributed by atoms with van der Waals surface area (Å²) in [7, 11) is 1.96. The van der Waals surface area contributed by atoms with Crippen molar-refractivity contribution in [3.8, 4) is 16.9 Å². The van der Waals surface area contributed by atoms with Crippen LogP contribution in [0.4, 0.5) is 5.69 Å². The maximum Gasteiger partial charge on any atom is 0.275 e. The Morgan fingerprint density at radius 1 is 0.932 bits per heavy atom. The van der Waals surface area contributed by atoms with Gasteiger partial charge in [0.25, 0.3) is 5.91 Å². The minimum Gasteiger partial charge on any atom is -0.494 e. The van der Waals surface area contributed by atoms with Crippen molar-refractivity contribution in [3.63, 3.8) is 0 Å². The average Bonchev–Trinajstić information content (AvgIpc) is 3.35. The molecule has 0 saturated heterocycles. The van der Waals surface area contributed by atoms with E-state index in [-0.39, 0.29) is 5.91 Å². The van der Waals surface area contributed by atoms with Gasteiger partial charge in [-0.25, -0.2) is 0 Å². The van der Waals surface area contributed by atoms with E-state index in [2.05, 4.69) is 36.6 Å². The first kappa shape index (κ1) is 30.3. The summed E-state index contributed by atoms with van der Waals surface area (Å²) >= 11 is 13.4.